The maximum Gasteiger partial charge on any atom is 0.339 e. The molecule has 1 aromatic heterocycles. The Labute approximate surface area is 111 Å². The van der Waals surface area contributed by atoms with E-state index in [-0.39, 0.29) is 6.04 Å². The van der Waals surface area contributed by atoms with Crippen LogP contribution >= 0.6 is 0 Å². The highest BCUT2D eigenvalue weighted by atomic mass is 16.7. The van der Waals surface area contributed by atoms with Crippen molar-refractivity contribution in [2.45, 2.75) is 13.0 Å². The normalized spacial score (nSPS) is 11.8. The number of furan rings is 1. The van der Waals surface area contributed by atoms with E-state index in [1.54, 1.807) is 19.3 Å². The fourth-order valence-electron chi connectivity index (χ4n) is 1.72. The predicted octanol–water partition coefficient (Wildman–Crippen LogP) is 2.62. The first-order chi connectivity index (χ1) is 9.31. The second kappa shape index (κ2) is 6.61. The first kappa shape index (κ1) is 13.2. The van der Waals surface area contributed by atoms with Crippen LogP contribution in [0.2, 0.25) is 0 Å². The number of carbonyl (C=O) groups excluding carboxylic acids is 1. The lowest BCUT2D eigenvalue weighted by Crippen LogP contribution is -2.38. The van der Waals surface area contributed by atoms with Crippen LogP contribution in [-0.2, 0) is 4.84 Å². The maximum atomic E-state index is 11.7. The summed E-state index contributed by atoms with van der Waals surface area (Å²) in [5, 5.41) is 2.80. The Morgan fingerprint density at radius 1 is 1.26 bits per heavy atom. The number of nitrogens with one attached hydrogen (secondary N) is 2. The minimum atomic E-state index is -0.410. The van der Waals surface area contributed by atoms with Crippen LogP contribution in [0.1, 0.15) is 24.3 Å². The first-order valence-corrected chi connectivity index (χ1v) is 6.08. The molecule has 0 bridgehead atoms. The van der Waals surface area contributed by atoms with Crippen molar-refractivity contribution in [2.75, 3.05) is 6.61 Å². The summed E-state index contributed by atoms with van der Waals surface area (Å²) in [5.41, 5.74) is 3.24. The summed E-state index contributed by atoms with van der Waals surface area (Å²) in [5.74, 6) is 0.665. The Balaban J connectivity index is 2.14. The van der Waals surface area contributed by atoms with E-state index in [4.69, 9.17) is 9.25 Å². The summed E-state index contributed by atoms with van der Waals surface area (Å²) in [6.07, 6.45) is 1.58. The molecule has 0 spiro atoms. The van der Waals surface area contributed by atoms with Gasteiger partial charge in [0.15, 0.2) is 0 Å². The average molecular weight is 260 g/mol. The number of amides is 2. The molecule has 0 saturated carbocycles. The first-order valence-electron chi connectivity index (χ1n) is 6.08. The molecule has 2 aromatic rings. The molecule has 2 amide bonds. The van der Waals surface area contributed by atoms with Gasteiger partial charge in [0.2, 0.25) is 0 Å². The molecule has 5 nitrogen and oxygen atoms in total. The highest BCUT2D eigenvalue weighted by molar-refractivity contribution is 5.73. The molecule has 2 rings (SSSR count). The summed E-state index contributed by atoms with van der Waals surface area (Å²) in [4.78, 5) is 16.5. The number of hydrogen-bond acceptors (Lipinski definition) is 3. The molecule has 5 heteroatoms. The molecule has 0 aliphatic heterocycles. The number of hydroxylamine groups is 1. The molecular weight excluding hydrogens is 244 g/mol. The molecule has 19 heavy (non-hydrogen) atoms. The topological polar surface area (TPSA) is 63.5 Å². The van der Waals surface area contributed by atoms with Crippen molar-refractivity contribution < 1.29 is 14.0 Å². The van der Waals surface area contributed by atoms with E-state index in [1.165, 1.54) is 0 Å². The van der Waals surface area contributed by atoms with E-state index in [0.717, 1.165) is 5.56 Å². The van der Waals surface area contributed by atoms with Crippen molar-refractivity contribution in [1.29, 1.82) is 0 Å². The fourth-order valence-corrected chi connectivity index (χ4v) is 1.72. The monoisotopic (exact) mass is 260 g/mol. The van der Waals surface area contributed by atoms with Crippen LogP contribution in [0.3, 0.4) is 0 Å². The molecule has 2 N–H and O–H groups in total. The third-order valence-electron chi connectivity index (χ3n) is 2.55. The van der Waals surface area contributed by atoms with E-state index >= 15 is 0 Å². The Bertz CT molecular complexity index is 497. The van der Waals surface area contributed by atoms with Crippen LogP contribution in [0.15, 0.2) is 53.1 Å². The molecule has 1 heterocycles. The Hall–Kier alpha value is -2.27. The quantitative estimate of drug-likeness (QED) is 0.812. The standard InChI is InChI=1S/C14H16N2O3/c1-2-19-16-14(17)15-13(12-9-6-10-18-12)11-7-4-3-5-8-11/h3-10,13H,2H2,1H3,(H2,15,16,17)/t13-/m0/s1. The lowest BCUT2D eigenvalue weighted by molar-refractivity contribution is 0.0697. The van der Waals surface area contributed by atoms with Crippen LogP contribution in [0.25, 0.3) is 0 Å². The van der Waals surface area contributed by atoms with Crippen molar-refractivity contribution in [1.82, 2.24) is 10.8 Å². The lowest BCUT2D eigenvalue weighted by Gasteiger charge is -2.17. The lowest BCUT2D eigenvalue weighted by atomic mass is 10.1. The zero-order valence-corrected chi connectivity index (χ0v) is 10.6. The molecule has 0 aliphatic carbocycles. The zero-order chi connectivity index (χ0) is 13.5. The van der Waals surface area contributed by atoms with E-state index in [1.807, 2.05) is 36.4 Å². The van der Waals surface area contributed by atoms with Gasteiger partial charge in [-0.2, -0.15) is 0 Å². The van der Waals surface area contributed by atoms with Crippen molar-refractivity contribution in [3.8, 4) is 0 Å². The molecule has 1 aromatic carbocycles. The van der Waals surface area contributed by atoms with Gasteiger partial charge in [0.25, 0.3) is 0 Å². The number of rotatable bonds is 5. The minimum absolute atomic E-state index is 0.350. The van der Waals surface area contributed by atoms with Gasteiger partial charge in [-0.3, -0.25) is 4.84 Å². The number of hydrogen-bond donors (Lipinski definition) is 2. The summed E-state index contributed by atoms with van der Waals surface area (Å²) < 4.78 is 5.37. The van der Waals surface area contributed by atoms with E-state index in [0.29, 0.717) is 12.4 Å². The van der Waals surface area contributed by atoms with Gasteiger partial charge in [0.05, 0.1) is 12.9 Å². The molecule has 100 valence electrons. The van der Waals surface area contributed by atoms with Crippen LogP contribution in [0.4, 0.5) is 4.79 Å². The summed E-state index contributed by atoms with van der Waals surface area (Å²) in [7, 11) is 0. The second-order valence-corrected chi connectivity index (χ2v) is 3.87. The second-order valence-electron chi connectivity index (χ2n) is 3.87. The Kier molecular flexibility index (Phi) is 4.58. The smallest absolute Gasteiger partial charge is 0.339 e. The Morgan fingerprint density at radius 3 is 2.68 bits per heavy atom. The van der Waals surface area contributed by atoms with Crippen molar-refractivity contribution in [3.05, 3.63) is 60.1 Å². The summed E-state index contributed by atoms with van der Waals surface area (Å²) >= 11 is 0. The van der Waals surface area contributed by atoms with E-state index < -0.39 is 6.03 Å². The van der Waals surface area contributed by atoms with Crippen molar-refractivity contribution >= 4 is 6.03 Å². The third-order valence-corrected chi connectivity index (χ3v) is 2.55. The average Bonchev–Trinajstić information content (AvgIpc) is 2.97. The molecular formula is C14H16N2O3. The van der Waals surface area contributed by atoms with Gasteiger partial charge < -0.3 is 9.73 Å². The highest BCUT2D eigenvalue weighted by Gasteiger charge is 2.18. The van der Waals surface area contributed by atoms with Crippen LogP contribution in [-0.4, -0.2) is 12.6 Å². The van der Waals surface area contributed by atoms with E-state index in [9.17, 15) is 4.79 Å². The zero-order valence-electron chi connectivity index (χ0n) is 10.6. The third kappa shape index (κ3) is 3.59. The summed E-state index contributed by atoms with van der Waals surface area (Å²) in [6, 6.07) is 12.4. The van der Waals surface area contributed by atoms with Gasteiger partial charge in [-0.15, -0.1) is 0 Å². The highest BCUT2D eigenvalue weighted by Crippen LogP contribution is 2.21. The van der Waals surface area contributed by atoms with Crippen LogP contribution < -0.4 is 10.8 Å². The van der Waals surface area contributed by atoms with Gasteiger partial charge >= 0.3 is 6.03 Å². The van der Waals surface area contributed by atoms with Gasteiger partial charge in [-0.1, -0.05) is 30.3 Å². The van der Waals surface area contributed by atoms with Crippen molar-refractivity contribution in [3.63, 3.8) is 0 Å². The number of urea groups is 1. The van der Waals surface area contributed by atoms with Gasteiger partial charge in [0.1, 0.15) is 11.8 Å². The SMILES string of the molecule is CCONC(=O)N[C@@H](c1ccccc1)c1ccco1. The molecule has 0 unspecified atom stereocenters. The van der Waals surface area contributed by atoms with Gasteiger partial charge in [0, 0.05) is 0 Å². The Morgan fingerprint density at radius 2 is 2.05 bits per heavy atom. The van der Waals surface area contributed by atoms with Crippen LogP contribution in [0, 0.1) is 0 Å². The summed E-state index contributed by atoms with van der Waals surface area (Å²) in [6.45, 7) is 2.20. The van der Waals surface area contributed by atoms with Crippen molar-refractivity contribution in [2.24, 2.45) is 0 Å². The van der Waals surface area contributed by atoms with Gasteiger partial charge in [-0.25, -0.2) is 10.3 Å². The fraction of sp³-hybridized carbons (Fsp3) is 0.214. The molecule has 0 aliphatic rings. The molecule has 0 radical (unpaired) electrons. The van der Waals surface area contributed by atoms with E-state index in [2.05, 4.69) is 10.8 Å². The number of carbonyl (C=O) groups is 1. The van der Waals surface area contributed by atoms with Gasteiger partial charge in [-0.05, 0) is 24.6 Å². The predicted molar refractivity (Wildman–Crippen MR) is 70.3 cm³/mol. The largest absolute Gasteiger partial charge is 0.467 e. The number of benzene rings is 1. The molecule has 1 atom stereocenters. The molecule has 0 fully saturated rings. The minimum Gasteiger partial charge on any atom is -0.467 e. The van der Waals surface area contributed by atoms with Crippen LogP contribution in [0.5, 0.6) is 0 Å². The molecule has 0 saturated heterocycles. The maximum absolute atomic E-state index is 11.7.